The highest BCUT2D eigenvalue weighted by atomic mass is 16.3. The lowest BCUT2D eigenvalue weighted by molar-refractivity contribution is 0.672. The highest BCUT2D eigenvalue weighted by molar-refractivity contribution is 6.22. The smallest absolute Gasteiger partial charge is 0.143 e. The van der Waals surface area contributed by atoms with Gasteiger partial charge in [0.05, 0.1) is 16.8 Å². The van der Waals surface area contributed by atoms with Crippen LogP contribution >= 0.6 is 0 Å². The zero-order valence-corrected chi connectivity index (χ0v) is 26.3. The molecule has 0 saturated heterocycles. The van der Waals surface area contributed by atoms with E-state index < -0.39 is 0 Å². The van der Waals surface area contributed by atoms with Crippen LogP contribution in [0.4, 0.5) is 17.1 Å². The van der Waals surface area contributed by atoms with Gasteiger partial charge in [0, 0.05) is 22.0 Å². The molecule has 9 rings (SSSR count). The minimum absolute atomic E-state index is 0.862. The molecule has 9 aromatic rings. The maximum atomic E-state index is 6.78. The van der Waals surface area contributed by atoms with Crippen LogP contribution in [0.1, 0.15) is 0 Å². The van der Waals surface area contributed by atoms with Gasteiger partial charge in [0.15, 0.2) is 0 Å². The molecule has 0 atom stereocenters. The molecule has 226 valence electrons. The van der Waals surface area contributed by atoms with Gasteiger partial charge in [0.2, 0.25) is 0 Å². The van der Waals surface area contributed by atoms with Crippen LogP contribution in [0.15, 0.2) is 192 Å². The van der Waals surface area contributed by atoms with Crippen molar-refractivity contribution >= 4 is 49.8 Å². The van der Waals surface area contributed by atoms with Gasteiger partial charge in [-0.2, -0.15) is 0 Å². The summed E-state index contributed by atoms with van der Waals surface area (Å²) in [5.41, 5.74) is 12.1. The average Bonchev–Trinajstić information content (AvgIpc) is 3.56. The largest absolute Gasteiger partial charge is 0.455 e. The van der Waals surface area contributed by atoms with Crippen LogP contribution < -0.4 is 4.90 Å². The summed E-state index contributed by atoms with van der Waals surface area (Å²) in [6, 6.07) is 66.8. The van der Waals surface area contributed by atoms with Crippen LogP contribution in [-0.2, 0) is 0 Å². The molecule has 0 unspecified atom stereocenters. The molecule has 8 aromatic carbocycles. The van der Waals surface area contributed by atoms with Gasteiger partial charge in [-0.25, -0.2) is 0 Å². The van der Waals surface area contributed by atoms with E-state index in [1.54, 1.807) is 0 Å². The summed E-state index contributed by atoms with van der Waals surface area (Å²) < 4.78 is 6.78. The predicted molar refractivity (Wildman–Crippen MR) is 202 cm³/mol. The Labute approximate surface area is 279 Å². The minimum Gasteiger partial charge on any atom is -0.455 e. The minimum atomic E-state index is 0.862. The van der Waals surface area contributed by atoms with E-state index in [2.05, 4.69) is 193 Å². The molecule has 0 aliphatic heterocycles. The maximum Gasteiger partial charge on any atom is 0.143 e. The van der Waals surface area contributed by atoms with E-state index in [0.29, 0.717) is 0 Å². The lowest BCUT2D eigenvalue weighted by atomic mass is 9.95. The number of anilines is 3. The second-order valence-electron chi connectivity index (χ2n) is 12.1. The van der Waals surface area contributed by atoms with E-state index in [0.717, 1.165) is 50.0 Å². The average molecular weight is 614 g/mol. The van der Waals surface area contributed by atoms with E-state index >= 15 is 0 Å². The van der Waals surface area contributed by atoms with Crippen molar-refractivity contribution in [2.75, 3.05) is 4.90 Å². The molecule has 0 N–H and O–H groups in total. The zero-order chi connectivity index (χ0) is 31.9. The topological polar surface area (TPSA) is 16.4 Å². The van der Waals surface area contributed by atoms with E-state index in [1.807, 2.05) is 0 Å². The highest BCUT2D eigenvalue weighted by Crippen LogP contribution is 2.48. The Morgan fingerprint density at radius 2 is 0.896 bits per heavy atom. The molecule has 0 bridgehead atoms. The molecular weight excluding hydrogens is 583 g/mol. The quantitative estimate of drug-likeness (QED) is 0.185. The van der Waals surface area contributed by atoms with Gasteiger partial charge in [-0.15, -0.1) is 0 Å². The van der Waals surface area contributed by atoms with Gasteiger partial charge < -0.3 is 9.32 Å². The van der Waals surface area contributed by atoms with E-state index in [-0.39, 0.29) is 0 Å². The third kappa shape index (κ3) is 4.74. The molecule has 2 nitrogen and oxygen atoms in total. The van der Waals surface area contributed by atoms with Crippen molar-refractivity contribution in [3.63, 3.8) is 0 Å². The van der Waals surface area contributed by atoms with Gasteiger partial charge in [-0.3, -0.25) is 0 Å². The fourth-order valence-corrected chi connectivity index (χ4v) is 7.04. The summed E-state index contributed by atoms with van der Waals surface area (Å²) in [5, 5.41) is 4.48. The molecule has 1 heterocycles. The summed E-state index contributed by atoms with van der Waals surface area (Å²) in [5.74, 6) is 0. The second-order valence-corrected chi connectivity index (χ2v) is 12.1. The molecule has 2 heteroatoms. The van der Waals surface area contributed by atoms with Crippen molar-refractivity contribution in [1.29, 1.82) is 0 Å². The molecule has 1 aromatic heterocycles. The van der Waals surface area contributed by atoms with Crippen LogP contribution in [0.2, 0.25) is 0 Å². The van der Waals surface area contributed by atoms with Crippen LogP contribution in [0, 0.1) is 0 Å². The first-order valence-electron chi connectivity index (χ1n) is 16.4. The second kappa shape index (κ2) is 11.8. The first-order chi connectivity index (χ1) is 23.8. The SMILES string of the molecule is c1ccc(-c2ccc(N(c3ccccc3-c3ccccc3)c3cccc4oc5c6ccccc6c(-c6ccccc6)cc5c34)cc2)cc1. The number of fused-ring (bicyclic) bond motifs is 5. The molecule has 0 spiro atoms. The number of furan rings is 1. The maximum absolute atomic E-state index is 6.78. The highest BCUT2D eigenvalue weighted by Gasteiger charge is 2.23. The van der Waals surface area contributed by atoms with Crippen LogP contribution in [0.5, 0.6) is 0 Å². The van der Waals surface area contributed by atoms with E-state index in [4.69, 9.17) is 4.42 Å². The van der Waals surface area contributed by atoms with Gasteiger partial charge in [-0.1, -0.05) is 152 Å². The summed E-state index contributed by atoms with van der Waals surface area (Å²) in [7, 11) is 0. The number of benzene rings is 8. The van der Waals surface area contributed by atoms with Gasteiger partial charge in [-0.05, 0) is 69.6 Å². The Morgan fingerprint density at radius 1 is 0.354 bits per heavy atom. The van der Waals surface area contributed by atoms with Crippen LogP contribution in [0.25, 0.3) is 66.1 Å². The monoisotopic (exact) mass is 613 g/mol. The molecule has 0 aliphatic carbocycles. The number of nitrogens with zero attached hydrogens (tertiary/aromatic N) is 1. The predicted octanol–water partition coefficient (Wildman–Crippen LogP) is 13.2. The van der Waals surface area contributed by atoms with Crippen molar-refractivity contribution in [2.45, 2.75) is 0 Å². The molecule has 0 aliphatic rings. The van der Waals surface area contributed by atoms with Gasteiger partial charge >= 0.3 is 0 Å². The Morgan fingerprint density at radius 3 is 1.60 bits per heavy atom. The Bertz CT molecular complexity index is 2530. The van der Waals surface area contributed by atoms with Crippen LogP contribution in [0.3, 0.4) is 0 Å². The summed E-state index contributed by atoms with van der Waals surface area (Å²) in [4.78, 5) is 2.39. The Balaban J connectivity index is 1.34. The number of para-hydroxylation sites is 1. The zero-order valence-electron chi connectivity index (χ0n) is 26.3. The summed E-state index contributed by atoms with van der Waals surface area (Å²) >= 11 is 0. The number of hydrogen-bond acceptors (Lipinski definition) is 2. The number of rotatable bonds is 6. The molecular formula is C46H31NO. The fourth-order valence-electron chi connectivity index (χ4n) is 7.04. The van der Waals surface area contributed by atoms with Crippen molar-refractivity contribution in [1.82, 2.24) is 0 Å². The van der Waals surface area contributed by atoms with E-state index in [1.165, 1.54) is 33.2 Å². The third-order valence-corrected chi connectivity index (χ3v) is 9.27. The normalized spacial score (nSPS) is 11.3. The molecule has 0 saturated carbocycles. The van der Waals surface area contributed by atoms with Gasteiger partial charge in [0.1, 0.15) is 11.2 Å². The van der Waals surface area contributed by atoms with Crippen molar-refractivity contribution in [2.24, 2.45) is 0 Å². The van der Waals surface area contributed by atoms with E-state index in [9.17, 15) is 0 Å². The summed E-state index contributed by atoms with van der Waals surface area (Å²) in [6.07, 6.45) is 0. The first-order valence-corrected chi connectivity index (χ1v) is 16.4. The van der Waals surface area contributed by atoms with Crippen molar-refractivity contribution in [3.8, 4) is 33.4 Å². The first kappa shape index (κ1) is 27.9. The van der Waals surface area contributed by atoms with Crippen LogP contribution in [-0.4, -0.2) is 0 Å². The Hall–Kier alpha value is -6.38. The third-order valence-electron chi connectivity index (χ3n) is 9.27. The summed E-state index contributed by atoms with van der Waals surface area (Å²) in [6.45, 7) is 0. The fraction of sp³-hybridized carbons (Fsp3) is 0. The van der Waals surface area contributed by atoms with Crippen molar-refractivity contribution < 1.29 is 4.42 Å². The Kier molecular flexibility index (Phi) is 6.84. The van der Waals surface area contributed by atoms with Gasteiger partial charge in [0.25, 0.3) is 0 Å². The lowest BCUT2D eigenvalue weighted by Gasteiger charge is -2.28. The number of hydrogen-bond donors (Lipinski definition) is 0. The van der Waals surface area contributed by atoms with Crippen molar-refractivity contribution in [3.05, 3.63) is 188 Å². The lowest BCUT2D eigenvalue weighted by Crippen LogP contribution is -2.11. The molecule has 0 radical (unpaired) electrons. The molecule has 0 amide bonds. The molecule has 48 heavy (non-hydrogen) atoms. The standard InChI is InChI=1S/C46H31NO/c1-4-15-32(16-5-1)33-27-29-36(30-28-33)47(42-24-13-12-21-37(42)34-17-6-2-7-18-34)43-25-14-26-44-45(43)41-31-40(35-19-8-3-9-20-35)38-22-10-11-23-39(38)46(41)48-44/h1-31H. The molecule has 0 fully saturated rings.